The van der Waals surface area contributed by atoms with E-state index in [1.165, 1.54) is 16.0 Å². The molecular formula is C21H22N3O+. The largest absolute Gasteiger partial charge is 0.321 e. The van der Waals surface area contributed by atoms with Gasteiger partial charge in [0.1, 0.15) is 6.07 Å². The molecule has 1 unspecified atom stereocenters. The smallest absolute Gasteiger partial charge is 0.282 e. The summed E-state index contributed by atoms with van der Waals surface area (Å²) in [7, 11) is 0. The fraction of sp³-hybridized carbons (Fsp3) is 0.238. The number of carbonyl (C=O) groups excluding carboxylic acids is 1. The Kier molecular flexibility index (Phi) is 5.27. The lowest BCUT2D eigenvalue weighted by molar-refractivity contribution is -0.909. The van der Waals surface area contributed by atoms with Crippen LogP contribution in [0.4, 0.5) is 5.69 Å². The van der Waals surface area contributed by atoms with E-state index in [0.29, 0.717) is 11.3 Å². The fourth-order valence-corrected chi connectivity index (χ4v) is 3.18. The van der Waals surface area contributed by atoms with E-state index in [2.05, 4.69) is 41.7 Å². The number of rotatable bonds is 4. The lowest BCUT2D eigenvalue weighted by atomic mass is 9.99. The maximum atomic E-state index is 12.6. The average molecular weight is 332 g/mol. The van der Waals surface area contributed by atoms with Gasteiger partial charge in [0, 0.05) is 6.42 Å². The lowest BCUT2D eigenvalue weighted by Crippen LogP contribution is -3.17. The van der Waals surface area contributed by atoms with Crippen molar-refractivity contribution in [3.8, 4) is 6.07 Å². The molecule has 4 heteroatoms. The van der Waals surface area contributed by atoms with E-state index < -0.39 is 0 Å². The van der Waals surface area contributed by atoms with Crippen molar-refractivity contribution in [2.24, 2.45) is 0 Å². The Morgan fingerprint density at radius 3 is 2.56 bits per heavy atom. The van der Waals surface area contributed by atoms with Crippen molar-refractivity contribution in [1.82, 2.24) is 0 Å². The highest BCUT2D eigenvalue weighted by Gasteiger charge is 2.27. The molecule has 2 N–H and O–H groups in total. The summed E-state index contributed by atoms with van der Waals surface area (Å²) in [6.07, 6.45) is 3.20. The van der Waals surface area contributed by atoms with Crippen LogP contribution in [0.5, 0.6) is 0 Å². The predicted molar refractivity (Wildman–Crippen MR) is 99.0 cm³/mol. The number of benzene rings is 2. The van der Waals surface area contributed by atoms with Gasteiger partial charge < -0.3 is 10.2 Å². The average Bonchev–Trinajstić information content (AvgIpc) is 2.68. The van der Waals surface area contributed by atoms with Crippen molar-refractivity contribution in [3.63, 3.8) is 0 Å². The predicted octanol–water partition coefficient (Wildman–Crippen LogP) is 2.26. The summed E-state index contributed by atoms with van der Waals surface area (Å²) in [5.41, 5.74) is 3.69. The standard InChI is InChI=1S/C21H21N3O/c1-16(21(25)23-20-10-6-5-9-19(20)15-22)24-13-11-18(12-14-24)17-7-3-2-4-8-17/h2-11,16H,12-14H2,1H3,(H,23,25)/p+1/t16-/m0/s1. The summed E-state index contributed by atoms with van der Waals surface area (Å²) < 4.78 is 0. The maximum Gasteiger partial charge on any atom is 0.282 e. The summed E-state index contributed by atoms with van der Waals surface area (Å²) in [4.78, 5) is 13.8. The molecule has 2 aromatic carbocycles. The molecule has 1 amide bonds. The molecule has 4 nitrogen and oxygen atoms in total. The second-order valence-corrected chi connectivity index (χ2v) is 6.33. The third-order valence-corrected chi connectivity index (χ3v) is 4.78. The van der Waals surface area contributed by atoms with Crippen LogP contribution in [0.15, 0.2) is 60.7 Å². The number of hydrogen-bond acceptors (Lipinski definition) is 2. The highest BCUT2D eigenvalue weighted by Crippen LogP contribution is 2.18. The first-order valence-corrected chi connectivity index (χ1v) is 8.58. The first-order chi connectivity index (χ1) is 12.2. The Hall–Kier alpha value is -2.90. The van der Waals surface area contributed by atoms with Crippen molar-refractivity contribution in [2.75, 3.05) is 18.4 Å². The number of nitrogens with one attached hydrogen (secondary N) is 2. The maximum absolute atomic E-state index is 12.6. The van der Waals surface area contributed by atoms with Gasteiger partial charge in [0.25, 0.3) is 5.91 Å². The number of hydrogen-bond donors (Lipinski definition) is 2. The number of amides is 1. The number of carbonyl (C=O) groups is 1. The number of anilines is 1. The second-order valence-electron chi connectivity index (χ2n) is 6.33. The van der Waals surface area contributed by atoms with Crippen molar-refractivity contribution in [3.05, 3.63) is 71.8 Å². The van der Waals surface area contributed by atoms with Crippen LogP contribution in [0.25, 0.3) is 5.57 Å². The Morgan fingerprint density at radius 1 is 1.16 bits per heavy atom. The molecule has 2 aromatic rings. The van der Waals surface area contributed by atoms with E-state index in [-0.39, 0.29) is 11.9 Å². The van der Waals surface area contributed by atoms with Crippen LogP contribution in [0.1, 0.15) is 24.5 Å². The Morgan fingerprint density at radius 2 is 1.88 bits per heavy atom. The van der Waals surface area contributed by atoms with Gasteiger partial charge in [-0.3, -0.25) is 4.79 Å². The van der Waals surface area contributed by atoms with Crippen LogP contribution < -0.4 is 10.2 Å². The summed E-state index contributed by atoms with van der Waals surface area (Å²) >= 11 is 0. The van der Waals surface area contributed by atoms with Crippen LogP contribution in [0.2, 0.25) is 0 Å². The molecule has 0 aliphatic carbocycles. The van der Waals surface area contributed by atoms with Crippen molar-refractivity contribution < 1.29 is 9.69 Å². The topological polar surface area (TPSA) is 57.3 Å². The quantitative estimate of drug-likeness (QED) is 0.902. The SMILES string of the molecule is C[C@@H](C(=O)Nc1ccccc1C#N)[NH+]1CC=C(c2ccccc2)CC1. The summed E-state index contributed by atoms with van der Waals surface area (Å²) in [5.74, 6) is -0.0470. The second kappa shape index (κ2) is 7.78. The molecular weight excluding hydrogens is 310 g/mol. The fourth-order valence-electron chi connectivity index (χ4n) is 3.18. The molecule has 126 valence electrons. The van der Waals surface area contributed by atoms with E-state index >= 15 is 0 Å². The Balaban J connectivity index is 1.64. The van der Waals surface area contributed by atoms with E-state index in [4.69, 9.17) is 5.26 Å². The van der Waals surface area contributed by atoms with Gasteiger partial charge >= 0.3 is 0 Å². The molecule has 1 aliphatic heterocycles. The zero-order chi connectivity index (χ0) is 17.6. The van der Waals surface area contributed by atoms with Crippen molar-refractivity contribution >= 4 is 17.2 Å². The van der Waals surface area contributed by atoms with Gasteiger partial charge in [-0.1, -0.05) is 42.5 Å². The van der Waals surface area contributed by atoms with Gasteiger partial charge in [-0.2, -0.15) is 5.26 Å². The molecule has 0 radical (unpaired) electrons. The number of para-hydroxylation sites is 1. The van der Waals surface area contributed by atoms with Gasteiger partial charge in [0.2, 0.25) is 0 Å². The number of nitriles is 1. The van der Waals surface area contributed by atoms with E-state index in [0.717, 1.165) is 19.5 Å². The van der Waals surface area contributed by atoms with Crippen LogP contribution in [-0.4, -0.2) is 25.0 Å². The molecule has 0 aromatic heterocycles. The molecule has 0 fully saturated rings. The first kappa shape index (κ1) is 16.9. The van der Waals surface area contributed by atoms with Gasteiger partial charge in [-0.05, 0) is 36.3 Å². The number of nitrogens with zero attached hydrogens (tertiary/aromatic N) is 1. The highest BCUT2D eigenvalue weighted by molar-refractivity contribution is 5.94. The third kappa shape index (κ3) is 3.96. The van der Waals surface area contributed by atoms with Gasteiger partial charge in [-0.25, -0.2) is 0 Å². The zero-order valence-corrected chi connectivity index (χ0v) is 14.3. The molecule has 2 atom stereocenters. The molecule has 3 rings (SSSR count). The Labute approximate surface area is 148 Å². The molecule has 0 saturated heterocycles. The van der Waals surface area contributed by atoms with E-state index in [1.807, 2.05) is 19.1 Å². The normalized spacial score (nSPS) is 17.9. The third-order valence-electron chi connectivity index (χ3n) is 4.78. The number of quaternary nitrogens is 1. The summed E-state index contributed by atoms with van der Waals surface area (Å²) in [6, 6.07) is 19.4. The van der Waals surface area contributed by atoms with E-state index in [1.54, 1.807) is 18.2 Å². The van der Waals surface area contributed by atoms with Gasteiger partial charge in [0.05, 0.1) is 24.3 Å². The molecule has 0 saturated carbocycles. The van der Waals surface area contributed by atoms with Crippen LogP contribution >= 0.6 is 0 Å². The zero-order valence-electron chi connectivity index (χ0n) is 14.3. The molecule has 1 heterocycles. The van der Waals surface area contributed by atoms with E-state index in [9.17, 15) is 4.79 Å². The minimum atomic E-state index is -0.166. The van der Waals surface area contributed by atoms with Gasteiger partial charge in [-0.15, -0.1) is 0 Å². The monoisotopic (exact) mass is 332 g/mol. The minimum absolute atomic E-state index is 0.0470. The lowest BCUT2D eigenvalue weighted by Gasteiger charge is -2.28. The summed E-state index contributed by atoms with van der Waals surface area (Å²) in [5, 5.41) is 12.0. The summed E-state index contributed by atoms with van der Waals surface area (Å²) in [6.45, 7) is 3.70. The molecule has 0 bridgehead atoms. The van der Waals surface area contributed by atoms with Gasteiger partial charge in [0.15, 0.2) is 6.04 Å². The van der Waals surface area contributed by atoms with Crippen LogP contribution in [0, 0.1) is 11.3 Å². The molecule has 0 spiro atoms. The Bertz CT molecular complexity index is 821. The molecule has 1 aliphatic rings. The highest BCUT2D eigenvalue weighted by atomic mass is 16.2. The van der Waals surface area contributed by atoms with Crippen molar-refractivity contribution in [1.29, 1.82) is 5.26 Å². The minimum Gasteiger partial charge on any atom is -0.321 e. The molecule has 25 heavy (non-hydrogen) atoms. The first-order valence-electron chi connectivity index (χ1n) is 8.58. The van der Waals surface area contributed by atoms with Crippen molar-refractivity contribution in [2.45, 2.75) is 19.4 Å². The van der Waals surface area contributed by atoms with Crippen LogP contribution in [0.3, 0.4) is 0 Å². The van der Waals surface area contributed by atoms with Crippen LogP contribution in [-0.2, 0) is 4.79 Å².